The second-order valence-corrected chi connectivity index (χ2v) is 4.08. The topological polar surface area (TPSA) is 94.8 Å². The van der Waals surface area contributed by atoms with Crippen LogP contribution < -0.4 is 5.56 Å². The van der Waals surface area contributed by atoms with Gasteiger partial charge in [0.2, 0.25) is 0 Å². The van der Waals surface area contributed by atoms with Crippen molar-refractivity contribution in [2.24, 2.45) is 0 Å². The zero-order valence-corrected chi connectivity index (χ0v) is 11.6. The molecule has 20 heavy (non-hydrogen) atoms. The minimum atomic E-state index is -0.909. The van der Waals surface area contributed by atoms with Gasteiger partial charge in [0.15, 0.2) is 0 Å². The molecule has 0 aliphatic heterocycles. The molecule has 1 aromatic heterocycles. The number of carbonyl (C=O) groups excluding carboxylic acids is 2. The molecule has 7 nitrogen and oxygen atoms in total. The van der Waals surface area contributed by atoms with Gasteiger partial charge in [0, 0.05) is 12.6 Å². The Balaban J connectivity index is 3.61. The molecule has 0 saturated carbocycles. The van der Waals surface area contributed by atoms with Crippen LogP contribution in [0.25, 0.3) is 0 Å². The normalized spacial score (nSPS) is 10.2. The molecule has 0 saturated heterocycles. The zero-order chi connectivity index (χ0) is 15.3. The first kappa shape index (κ1) is 15.7. The van der Waals surface area contributed by atoms with Crippen LogP contribution in [0.2, 0.25) is 0 Å². The molecule has 1 N–H and O–H groups in total. The Bertz CT molecular complexity index is 575. The summed E-state index contributed by atoms with van der Waals surface area (Å²) in [6.07, 6.45) is 1.43. The number of unbranched alkanes of at least 4 members (excludes halogenated alkanes) is 1. The van der Waals surface area contributed by atoms with Crippen molar-refractivity contribution in [3.05, 3.63) is 27.7 Å². The lowest BCUT2D eigenvalue weighted by Gasteiger charge is -2.15. The summed E-state index contributed by atoms with van der Waals surface area (Å²) in [7, 11) is 2.24. The Hall–Kier alpha value is -2.31. The van der Waals surface area contributed by atoms with Gasteiger partial charge in [-0.05, 0) is 6.42 Å². The Labute approximate surface area is 115 Å². The van der Waals surface area contributed by atoms with Crippen molar-refractivity contribution in [1.29, 1.82) is 0 Å². The number of carbonyl (C=O) groups is 2. The van der Waals surface area contributed by atoms with E-state index in [9.17, 15) is 19.5 Å². The molecule has 1 heterocycles. The first-order valence-electron chi connectivity index (χ1n) is 6.11. The molecule has 0 aliphatic rings. The van der Waals surface area contributed by atoms with Crippen LogP contribution in [0.3, 0.4) is 0 Å². The van der Waals surface area contributed by atoms with Crippen molar-refractivity contribution >= 4 is 11.9 Å². The number of hydrogen-bond donors (Lipinski definition) is 1. The monoisotopic (exact) mass is 283 g/mol. The lowest BCUT2D eigenvalue weighted by atomic mass is 10.1. The van der Waals surface area contributed by atoms with Gasteiger partial charge < -0.3 is 19.1 Å². The third-order valence-electron chi connectivity index (χ3n) is 2.79. The van der Waals surface area contributed by atoms with Crippen molar-refractivity contribution in [3.63, 3.8) is 0 Å². The molecular formula is C13H17NO6. The van der Waals surface area contributed by atoms with Crippen LogP contribution >= 0.6 is 0 Å². The lowest BCUT2D eigenvalue weighted by Crippen LogP contribution is -2.29. The standard InChI is InChI=1S/C13H17NO6/c1-4-5-6-14-9(16)7-8(15)10(12(17)19-2)11(14)13(18)20-3/h7,15H,4-6H2,1-3H3. The maximum Gasteiger partial charge on any atom is 0.355 e. The minimum Gasteiger partial charge on any atom is -0.507 e. The number of ether oxygens (including phenoxy) is 2. The molecule has 1 rings (SSSR count). The van der Waals surface area contributed by atoms with Crippen LogP contribution in [0.1, 0.15) is 40.6 Å². The summed E-state index contributed by atoms with van der Waals surface area (Å²) in [5.41, 5.74) is -1.24. The van der Waals surface area contributed by atoms with E-state index < -0.39 is 23.2 Å². The molecule has 0 radical (unpaired) electrons. The van der Waals surface area contributed by atoms with Crippen molar-refractivity contribution in [3.8, 4) is 5.75 Å². The molecule has 1 aromatic rings. The van der Waals surface area contributed by atoms with E-state index in [1.54, 1.807) is 0 Å². The Morgan fingerprint density at radius 1 is 1.25 bits per heavy atom. The van der Waals surface area contributed by atoms with E-state index in [-0.39, 0.29) is 17.8 Å². The van der Waals surface area contributed by atoms with Gasteiger partial charge in [0.05, 0.1) is 14.2 Å². The van der Waals surface area contributed by atoms with E-state index in [0.717, 1.165) is 31.3 Å². The molecule has 0 spiro atoms. The molecular weight excluding hydrogens is 266 g/mol. The quantitative estimate of drug-likeness (QED) is 0.808. The number of aromatic nitrogens is 1. The molecule has 110 valence electrons. The number of methoxy groups -OCH3 is 2. The zero-order valence-electron chi connectivity index (χ0n) is 11.6. The average Bonchev–Trinajstić information content (AvgIpc) is 2.44. The Morgan fingerprint density at radius 3 is 2.35 bits per heavy atom. The van der Waals surface area contributed by atoms with Gasteiger partial charge in [-0.1, -0.05) is 13.3 Å². The highest BCUT2D eigenvalue weighted by molar-refractivity contribution is 6.03. The van der Waals surface area contributed by atoms with E-state index in [4.69, 9.17) is 0 Å². The molecule has 0 fully saturated rings. The summed E-state index contributed by atoms with van der Waals surface area (Å²) in [4.78, 5) is 35.4. The van der Waals surface area contributed by atoms with Crippen LogP contribution in [0.15, 0.2) is 10.9 Å². The summed E-state index contributed by atoms with van der Waals surface area (Å²) in [5, 5.41) is 9.75. The van der Waals surface area contributed by atoms with Gasteiger partial charge in [-0.3, -0.25) is 4.79 Å². The van der Waals surface area contributed by atoms with E-state index >= 15 is 0 Å². The number of esters is 2. The predicted octanol–water partition coefficient (Wildman–Crippen LogP) is 0.927. The molecule has 0 amide bonds. The summed E-state index contributed by atoms with van der Waals surface area (Å²) in [6.45, 7) is 2.16. The fraction of sp³-hybridized carbons (Fsp3) is 0.462. The molecule has 0 bridgehead atoms. The Kier molecular flexibility index (Phi) is 5.31. The van der Waals surface area contributed by atoms with Crippen LogP contribution in [0, 0.1) is 0 Å². The molecule has 0 aromatic carbocycles. The van der Waals surface area contributed by atoms with Crippen molar-refractivity contribution in [2.75, 3.05) is 14.2 Å². The summed E-state index contributed by atoms with van der Waals surface area (Å²) in [5.74, 6) is -2.39. The smallest absolute Gasteiger partial charge is 0.355 e. The number of aromatic hydroxyl groups is 1. The van der Waals surface area contributed by atoms with Crippen molar-refractivity contribution in [1.82, 2.24) is 4.57 Å². The maximum absolute atomic E-state index is 11.9. The van der Waals surface area contributed by atoms with E-state index in [1.807, 2.05) is 6.92 Å². The third-order valence-corrected chi connectivity index (χ3v) is 2.79. The van der Waals surface area contributed by atoms with Gasteiger partial charge in [-0.15, -0.1) is 0 Å². The second kappa shape index (κ2) is 6.74. The van der Waals surface area contributed by atoms with Gasteiger partial charge in [0.1, 0.15) is 17.0 Å². The lowest BCUT2D eigenvalue weighted by molar-refractivity contribution is 0.0539. The molecule has 7 heteroatoms. The van der Waals surface area contributed by atoms with Crippen LogP contribution in [0.5, 0.6) is 5.75 Å². The molecule has 0 unspecified atom stereocenters. The Morgan fingerprint density at radius 2 is 1.85 bits per heavy atom. The minimum absolute atomic E-state index is 0.240. The fourth-order valence-corrected chi connectivity index (χ4v) is 1.78. The average molecular weight is 283 g/mol. The van der Waals surface area contributed by atoms with Crippen molar-refractivity contribution < 1.29 is 24.2 Å². The van der Waals surface area contributed by atoms with Crippen LogP contribution in [0.4, 0.5) is 0 Å². The van der Waals surface area contributed by atoms with Gasteiger partial charge >= 0.3 is 11.9 Å². The number of pyridine rings is 1. The highest BCUT2D eigenvalue weighted by Crippen LogP contribution is 2.21. The number of rotatable bonds is 5. The van der Waals surface area contributed by atoms with Crippen molar-refractivity contribution in [2.45, 2.75) is 26.3 Å². The SMILES string of the molecule is CCCCn1c(C(=O)OC)c(C(=O)OC)c(O)cc1=O. The van der Waals surface area contributed by atoms with E-state index in [1.165, 1.54) is 0 Å². The van der Waals surface area contributed by atoms with Gasteiger partial charge in [0.25, 0.3) is 5.56 Å². The molecule has 0 atom stereocenters. The maximum atomic E-state index is 11.9. The van der Waals surface area contributed by atoms with Crippen LogP contribution in [-0.2, 0) is 16.0 Å². The first-order valence-corrected chi connectivity index (χ1v) is 6.11. The molecule has 0 aliphatic carbocycles. The van der Waals surface area contributed by atoms with Gasteiger partial charge in [-0.2, -0.15) is 0 Å². The number of nitrogens with zero attached hydrogens (tertiary/aromatic N) is 1. The highest BCUT2D eigenvalue weighted by Gasteiger charge is 2.27. The summed E-state index contributed by atoms with van der Waals surface area (Å²) >= 11 is 0. The van der Waals surface area contributed by atoms with E-state index in [0.29, 0.717) is 6.42 Å². The first-order chi connectivity index (χ1) is 9.47. The number of hydrogen-bond acceptors (Lipinski definition) is 6. The summed E-state index contributed by atoms with van der Waals surface area (Å²) < 4.78 is 10.2. The largest absolute Gasteiger partial charge is 0.507 e. The van der Waals surface area contributed by atoms with Crippen LogP contribution in [-0.4, -0.2) is 35.8 Å². The second-order valence-electron chi connectivity index (χ2n) is 4.08. The third kappa shape index (κ3) is 2.98. The van der Waals surface area contributed by atoms with E-state index in [2.05, 4.69) is 9.47 Å². The predicted molar refractivity (Wildman–Crippen MR) is 70.0 cm³/mol. The van der Waals surface area contributed by atoms with Gasteiger partial charge in [-0.25, -0.2) is 9.59 Å². The highest BCUT2D eigenvalue weighted by atomic mass is 16.5. The summed E-state index contributed by atoms with van der Waals surface area (Å²) in [6, 6.07) is 0.883. The fourth-order valence-electron chi connectivity index (χ4n) is 1.78.